The Labute approximate surface area is 248 Å². The van der Waals surface area contributed by atoms with Gasteiger partial charge in [-0.1, -0.05) is 0 Å². The van der Waals surface area contributed by atoms with Gasteiger partial charge in [-0.2, -0.15) is 127 Å². The van der Waals surface area contributed by atoms with Gasteiger partial charge in [0, 0.05) is 0 Å². The second-order valence-electron chi connectivity index (χ2n) is 8.21. The third-order valence-electron chi connectivity index (χ3n) is 4.64. The van der Waals surface area contributed by atoms with Crippen molar-refractivity contribution in [2.24, 2.45) is 0 Å². The number of carboxylic acid groups (broad SMARTS) is 1. The molecule has 0 aromatic rings. The van der Waals surface area contributed by atoms with Crippen molar-refractivity contribution in [3.05, 3.63) is 0 Å². The van der Waals surface area contributed by atoms with E-state index in [4.69, 9.17) is 0 Å². The van der Waals surface area contributed by atoms with E-state index in [0.717, 1.165) is 14.2 Å². The Kier molecular flexibility index (Phi) is 11.5. The minimum Gasteiger partial charge on any atom is -0.544 e. The Morgan fingerprint density at radius 3 is 0.720 bits per heavy atom. The number of alkyl halides is 29. The van der Waals surface area contributed by atoms with Crippen molar-refractivity contribution in [2.45, 2.75) is 84.7 Å². The van der Waals surface area contributed by atoms with Crippen molar-refractivity contribution in [3.63, 3.8) is 0 Å². The molecule has 0 fully saturated rings. The van der Waals surface area contributed by atoms with E-state index in [1.54, 1.807) is 0 Å². The van der Waals surface area contributed by atoms with Gasteiger partial charge < -0.3 is 9.90 Å². The molecule has 0 aromatic heterocycles. The van der Waals surface area contributed by atoms with Crippen LogP contribution in [0.2, 0.25) is 0 Å². The molecule has 0 spiro atoms. The largest absolute Gasteiger partial charge is 0.544 e. The van der Waals surface area contributed by atoms with Crippen LogP contribution in [-0.2, 0) is 23.7 Å². The summed E-state index contributed by atoms with van der Waals surface area (Å²) in [6.45, 7) is 0. The highest BCUT2D eigenvalue weighted by Crippen LogP contribution is 2.61. The molecule has 6 nitrogen and oxygen atoms in total. The van der Waals surface area contributed by atoms with Crippen molar-refractivity contribution in [3.8, 4) is 0 Å². The summed E-state index contributed by atoms with van der Waals surface area (Å²) in [7, 11) is 0. The summed E-state index contributed by atoms with van der Waals surface area (Å²) in [5.41, 5.74) is 0. The lowest BCUT2D eigenvalue weighted by Gasteiger charge is -2.44. The Hall–Kier alpha value is -2.72. The fourth-order valence-corrected chi connectivity index (χ4v) is 2.19. The van der Waals surface area contributed by atoms with Crippen LogP contribution < -0.4 is 5.11 Å². The summed E-state index contributed by atoms with van der Waals surface area (Å²) < 4.78 is 385. The van der Waals surface area contributed by atoms with Gasteiger partial charge in [0.05, 0.1) is 0 Å². The molecule has 0 radical (unpaired) electrons. The topological polar surface area (TPSA) is 77.1 Å². The number of aliphatic carboxylic acids is 1. The maximum absolute atomic E-state index is 14.3. The molecule has 0 heterocycles. The first-order chi connectivity index (χ1) is 21.0. The molecule has 0 bridgehead atoms. The van der Waals surface area contributed by atoms with Gasteiger partial charge >= 0.3 is 84.7 Å². The molecule has 4 atom stereocenters. The molecule has 50 heavy (non-hydrogen) atoms. The third-order valence-corrected chi connectivity index (χ3v) is 4.64. The number of carboxylic acids is 1. The Morgan fingerprint density at radius 1 is 0.320 bits per heavy atom. The maximum Gasteiger partial charge on any atom is 0.462 e. The van der Waals surface area contributed by atoms with E-state index in [1.807, 2.05) is 0 Å². The highest BCUT2D eigenvalue weighted by atomic mass is 19.4. The monoisotopic (exact) mass is 827 g/mol. The molecule has 300 valence electrons. The van der Waals surface area contributed by atoms with Crippen molar-refractivity contribution < 1.29 is 156 Å². The van der Waals surface area contributed by atoms with Crippen LogP contribution in [0.1, 0.15) is 0 Å². The molecule has 0 rings (SSSR count). The number of hydrogen-bond donors (Lipinski definition) is 0. The molecular weight excluding hydrogens is 827 g/mol. The summed E-state index contributed by atoms with van der Waals surface area (Å²) in [5, 5.41) is 10.2. The second-order valence-corrected chi connectivity index (χ2v) is 8.21. The number of ether oxygens (including phenoxy) is 4. The van der Waals surface area contributed by atoms with Gasteiger partial charge in [-0.3, -0.25) is 18.9 Å². The molecule has 0 N–H and O–H groups in total. The fourth-order valence-electron chi connectivity index (χ4n) is 2.19. The lowest BCUT2D eigenvalue weighted by atomic mass is 10.2. The summed E-state index contributed by atoms with van der Waals surface area (Å²) in [6, 6.07) is 0. The van der Waals surface area contributed by atoms with Crippen LogP contribution in [0, 0.1) is 0 Å². The van der Waals surface area contributed by atoms with Crippen LogP contribution in [-0.4, -0.2) is 90.6 Å². The molecule has 0 aliphatic carbocycles. The van der Waals surface area contributed by atoms with E-state index in [2.05, 4.69) is 0 Å². The first-order valence-electron chi connectivity index (χ1n) is 10.0. The average Bonchev–Trinajstić information content (AvgIpc) is 2.78. The zero-order valence-electron chi connectivity index (χ0n) is 20.9. The summed E-state index contributed by atoms with van der Waals surface area (Å²) in [5.74, 6) is -48.3. The quantitative estimate of drug-likeness (QED) is 0.182. The Morgan fingerprint density at radius 2 is 0.540 bits per heavy atom. The van der Waals surface area contributed by atoms with Gasteiger partial charge in [0.2, 0.25) is 0 Å². The number of rotatable bonds is 13. The van der Waals surface area contributed by atoms with Gasteiger partial charge in [-0.25, -0.2) is 0 Å². The number of carbonyl (C=O) groups is 1. The highest BCUT2D eigenvalue weighted by Gasteiger charge is 2.90. The number of carbonyl (C=O) groups excluding carboxylic acids is 1. The molecule has 0 saturated heterocycles. The molecular formula is C15F29O6-. The summed E-state index contributed by atoms with van der Waals surface area (Å²) in [4.78, 5) is 10.2. The summed E-state index contributed by atoms with van der Waals surface area (Å²) >= 11 is 0. The average molecular weight is 827 g/mol. The van der Waals surface area contributed by atoms with Crippen LogP contribution in [0.5, 0.6) is 0 Å². The van der Waals surface area contributed by atoms with Crippen LogP contribution in [0.3, 0.4) is 0 Å². The van der Waals surface area contributed by atoms with Crippen molar-refractivity contribution in [1.82, 2.24) is 0 Å². The lowest BCUT2D eigenvalue weighted by molar-refractivity contribution is -0.592. The van der Waals surface area contributed by atoms with Crippen LogP contribution in [0.15, 0.2) is 0 Å². The first kappa shape index (κ1) is 47.3. The molecule has 35 heteroatoms. The minimum absolute atomic E-state index is 0.798. The van der Waals surface area contributed by atoms with Crippen molar-refractivity contribution in [2.75, 3.05) is 0 Å². The lowest BCUT2D eigenvalue weighted by Crippen LogP contribution is -2.72. The fraction of sp³-hybridized carbons (Fsp3) is 0.933. The SMILES string of the molecule is O=C([O-])C(F)(OC(F)(F)C(F)(OC(F)(F)C(F)(OC(F)(F)C(F)(OC(F)(F)C(F)(F)C(F)(F)F)C(F)(F)F)C(F)(F)F)C(F)(F)F)C(F)(F)F. The summed E-state index contributed by atoms with van der Waals surface area (Å²) in [6.07, 6.45) is -77.9. The number of hydrogen-bond acceptors (Lipinski definition) is 6. The second kappa shape index (κ2) is 12.2. The minimum atomic E-state index is -9.28. The van der Waals surface area contributed by atoms with Crippen molar-refractivity contribution >= 4 is 5.97 Å². The highest BCUT2D eigenvalue weighted by molar-refractivity contribution is 5.74. The standard InChI is InChI=1S/C15HF29O6/c16-2(1(45)46,7(22,23)24)47-13(39,40)4(19,9(28,29)30)49-15(43,44)6(21,11(34,35)36)50-14(41,42)5(20,10(31,32)33)48-12(37,38)3(17,18)8(25,26)27/h(H,45,46)/p-1. The van der Waals surface area contributed by atoms with E-state index in [0.29, 0.717) is 0 Å². The van der Waals surface area contributed by atoms with Gasteiger partial charge in [0.25, 0.3) is 0 Å². The molecule has 0 amide bonds. The molecule has 0 saturated carbocycles. The zero-order chi connectivity index (χ0) is 41.4. The predicted octanol–water partition coefficient (Wildman–Crippen LogP) is 7.28. The van der Waals surface area contributed by atoms with Gasteiger partial charge in [-0.05, 0) is 0 Å². The predicted molar refractivity (Wildman–Crippen MR) is 79.7 cm³/mol. The van der Waals surface area contributed by atoms with Crippen LogP contribution in [0.4, 0.5) is 127 Å². The van der Waals surface area contributed by atoms with Gasteiger partial charge in [0.1, 0.15) is 5.97 Å². The third kappa shape index (κ3) is 7.57. The van der Waals surface area contributed by atoms with E-state index in [9.17, 15) is 137 Å². The van der Waals surface area contributed by atoms with Crippen LogP contribution in [0.25, 0.3) is 0 Å². The Bertz CT molecular complexity index is 1230. The smallest absolute Gasteiger partial charge is 0.462 e. The molecule has 4 unspecified atom stereocenters. The normalized spacial score (nSPS) is 20.4. The maximum atomic E-state index is 14.3. The zero-order valence-corrected chi connectivity index (χ0v) is 20.9. The first-order valence-corrected chi connectivity index (χ1v) is 10.0. The molecule has 0 aromatic carbocycles. The van der Waals surface area contributed by atoms with Gasteiger partial charge in [0.15, 0.2) is 0 Å². The van der Waals surface area contributed by atoms with E-state index in [-0.39, 0.29) is 0 Å². The molecule has 0 aliphatic rings. The molecule has 0 aliphatic heterocycles. The van der Waals surface area contributed by atoms with Crippen LogP contribution >= 0.6 is 0 Å². The van der Waals surface area contributed by atoms with E-state index >= 15 is 0 Å². The Balaban J connectivity index is 7.69. The van der Waals surface area contributed by atoms with Crippen molar-refractivity contribution in [1.29, 1.82) is 0 Å². The van der Waals surface area contributed by atoms with E-state index < -0.39 is 90.6 Å². The number of halogens is 29. The van der Waals surface area contributed by atoms with Gasteiger partial charge in [-0.15, -0.1) is 0 Å². The van der Waals surface area contributed by atoms with E-state index in [1.165, 1.54) is 4.74 Å².